The molecule has 1 saturated heterocycles. The van der Waals surface area contributed by atoms with Crippen molar-refractivity contribution in [3.05, 3.63) is 65.0 Å². The average molecular weight is 559 g/mol. The van der Waals surface area contributed by atoms with E-state index in [2.05, 4.69) is 31.0 Å². The van der Waals surface area contributed by atoms with Gasteiger partial charge in [0.15, 0.2) is 0 Å². The lowest BCUT2D eigenvalue weighted by molar-refractivity contribution is -0.136. The molecule has 1 atom stereocenters. The molecule has 0 N–H and O–H groups in total. The fourth-order valence-electron chi connectivity index (χ4n) is 4.61. The Labute approximate surface area is 230 Å². The topological polar surface area (TPSA) is 96.6 Å². The van der Waals surface area contributed by atoms with E-state index in [4.69, 9.17) is 16.0 Å². The number of rotatable bonds is 8. The lowest BCUT2D eigenvalue weighted by Crippen LogP contribution is -2.48. The van der Waals surface area contributed by atoms with Crippen molar-refractivity contribution >= 4 is 27.5 Å². The predicted octanol–water partition coefficient (Wildman–Crippen LogP) is 5.53. The van der Waals surface area contributed by atoms with Crippen LogP contribution in [0.1, 0.15) is 58.9 Å². The third-order valence-corrected chi connectivity index (χ3v) is 8.77. The molecule has 0 bridgehead atoms. The SMILES string of the molecule is CC(C)CN(Cc1nnc(-c2ccc(C(C)(C)C)cc2)o1)C(=O)C1CCCN1S(=O)(=O)c1ccc(Cl)cc1. The Kier molecular flexibility index (Phi) is 8.30. The Hall–Kier alpha value is -2.75. The number of hydrogen-bond donors (Lipinski definition) is 0. The molecule has 10 heteroatoms. The van der Waals surface area contributed by atoms with Crippen molar-refractivity contribution < 1.29 is 17.6 Å². The van der Waals surface area contributed by atoms with E-state index >= 15 is 0 Å². The Bertz CT molecular complexity index is 1360. The Morgan fingerprint density at radius 1 is 1.11 bits per heavy atom. The van der Waals surface area contributed by atoms with Crippen LogP contribution in [0.15, 0.2) is 57.8 Å². The molecule has 0 radical (unpaired) electrons. The average Bonchev–Trinajstić information content (AvgIpc) is 3.53. The maximum absolute atomic E-state index is 13.7. The highest BCUT2D eigenvalue weighted by molar-refractivity contribution is 7.89. The number of halogens is 1. The third-order valence-electron chi connectivity index (χ3n) is 6.60. The molecule has 1 fully saturated rings. The van der Waals surface area contributed by atoms with Crippen LogP contribution < -0.4 is 0 Å². The summed E-state index contributed by atoms with van der Waals surface area (Å²) in [5.41, 5.74) is 2.03. The Morgan fingerprint density at radius 2 is 1.76 bits per heavy atom. The van der Waals surface area contributed by atoms with E-state index < -0.39 is 16.1 Å². The number of hydrogen-bond acceptors (Lipinski definition) is 6. The molecular formula is C28H35ClN4O4S. The van der Waals surface area contributed by atoms with Crippen molar-refractivity contribution in [3.63, 3.8) is 0 Å². The standard InChI is InChI=1S/C28H35ClN4O4S/c1-19(2)17-32(18-25-30-31-26(37-25)20-8-10-21(11-9-20)28(3,4)5)27(34)24-7-6-16-33(24)38(35,36)23-14-12-22(29)13-15-23/h8-15,19,24H,6-7,16-18H2,1-5H3. The molecule has 3 aromatic rings. The van der Waals surface area contributed by atoms with Crippen LogP contribution in [0.4, 0.5) is 0 Å². The number of sulfonamides is 1. The van der Waals surface area contributed by atoms with Crippen molar-refractivity contribution in [2.24, 2.45) is 5.92 Å². The van der Waals surface area contributed by atoms with E-state index in [0.29, 0.717) is 36.2 Å². The molecule has 2 aromatic carbocycles. The van der Waals surface area contributed by atoms with Gasteiger partial charge in [0.25, 0.3) is 0 Å². The first-order valence-corrected chi connectivity index (χ1v) is 14.7. The molecular weight excluding hydrogens is 524 g/mol. The van der Waals surface area contributed by atoms with E-state index in [1.165, 1.54) is 34.1 Å². The minimum atomic E-state index is -3.85. The van der Waals surface area contributed by atoms with Gasteiger partial charge in [-0.25, -0.2) is 8.42 Å². The van der Waals surface area contributed by atoms with Crippen LogP contribution in [-0.4, -0.2) is 52.9 Å². The number of carbonyl (C=O) groups is 1. The van der Waals surface area contributed by atoms with Gasteiger partial charge < -0.3 is 9.32 Å². The first-order chi connectivity index (χ1) is 17.9. The van der Waals surface area contributed by atoms with Gasteiger partial charge in [0.05, 0.1) is 11.4 Å². The van der Waals surface area contributed by atoms with Gasteiger partial charge in [-0.15, -0.1) is 10.2 Å². The fraction of sp³-hybridized carbons (Fsp3) is 0.464. The van der Waals surface area contributed by atoms with Crippen LogP contribution in [0, 0.1) is 5.92 Å². The molecule has 1 amide bonds. The summed E-state index contributed by atoms with van der Waals surface area (Å²) in [6, 6.07) is 13.2. The third kappa shape index (κ3) is 6.27. The summed E-state index contributed by atoms with van der Waals surface area (Å²) in [6.07, 6.45) is 1.06. The zero-order valence-electron chi connectivity index (χ0n) is 22.5. The van der Waals surface area contributed by atoms with Gasteiger partial charge in [-0.05, 0) is 66.1 Å². The van der Waals surface area contributed by atoms with E-state index in [1.807, 2.05) is 38.1 Å². The smallest absolute Gasteiger partial charge is 0.247 e. The highest BCUT2D eigenvalue weighted by Crippen LogP contribution is 2.29. The molecule has 1 aromatic heterocycles. The first kappa shape index (κ1) is 28.3. The highest BCUT2D eigenvalue weighted by atomic mass is 35.5. The quantitative estimate of drug-likeness (QED) is 0.361. The lowest BCUT2D eigenvalue weighted by atomic mass is 9.87. The summed E-state index contributed by atoms with van der Waals surface area (Å²) in [5, 5.41) is 8.83. The van der Waals surface area contributed by atoms with Crippen LogP contribution in [0.2, 0.25) is 5.02 Å². The van der Waals surface area contributed by atoms with E-state index in [-0.39, 0.29) is 35.2 Å². The van der Waals surface area contributed by atoms with Crippen LogP contribution in [0.3, 0.4) is 0 Å². The molecule has 2 heterocycles. The second-order valence-corrected chi connectivity index (χ2v) is 13.5. The van der Waals surface area contributed by atoms with E-state index in [1.54, 1.807) is 4.90 Å². The summed E-state index contributed by atoms with van der Waals surface area (Å²) >= 11 is 5.94. The minimum Gasteiger partial charge on any atom is -0.419 e. The molecule has 1 unspecified atom stereocenters. The van der Waals surface area contributed by atoms with E-state index in [9.17, 15) is 13.2 Å². The van der Waals surface area contributed by atoms with Gasteiger partial charge in [-0.1, -0.05) is 58.4 Å². The molecule has 8 nitrogen and oxygen atoms in total. The van der Waals surface area contributed by atoms with Gasteiger partial charge in [-0.2, -0.15) is 4.31 Å². The van der Waals surface area contributed by atoms with Crippen LogP contribution in [0.25, 0.3) is 11.5 Å². The van der Waals surface area contributed by atoms with Crippen molar-refractivity contribution in [2.75, 3.05) is 13.1 Å². The number of nitrogens with zero attached hydrogens (tertiary/aromatic N) is 4. The molecule has 0 aliphatic carbocycles. The molecule has 204 valence electrons. The van der Waals surface area contributed by atoms with Crippen LogP contribution >= 0.6 is 11.6 Å². The zero-order valence-corrected chi connectivity index (χ0v) is 24.1. The second-order valence-electron chi connectivity index (χ2n) is 11.2. The predicted molar refractivity (Wildman–Crippen MR) is 147 cm³/mol. The maximum atomic E-state index is 13.7. The number of carbonyl (C=O) groups excluding carboxylic acids is 1. The zero-order chi connectivity index (χ0) is 27.7. The summed E-state index contributed by atoms with van der Waals surface area (Å²) < 4.78 is 34.0. The molecule has 1 aliphatic heterocycles. The summed E-state index contributed by atoms with van der Waals surface area (Å²) in [4.78, 5) is 15.5. The number of amides is 1. The fourth-order valence-corrected chi connectivity index (χ4v) is 6.39. The summed E-state index contributed by atoms with van der Waals surface area (Å²) in [5.74, 6) is 0.584. The van der Waals surface area contributed by atoms with Crippen LogP contribution in [-0.2, 0) is 26.8 Å². The van der Waals surface area contributed by atoms with E-state index in [0.717, 1.165) is 5.56 Å². The first-order valence-electron chi connectivity index (χ1n) is 12.9. The van der Waals surface area contributed by atoms with Gasteiger partial charge in [0.1, 0.15) is 6.04 Å². The minimum absolute atomic E-state index is 0.0331. The maximum Gasteiger partial charge on any atom is 0.247 e. The van der Waals surface area contributed by atoms with Gasteiger partial charge in [-0.3, -0.25) is 4.79 Å². The highest BCUT2D eigenvalue weighted by Gasteiger charge is 2.41. The Balaban J connectivity index is 1.54. The summed E-state index contributed by atoms with van der Waals surface area (Å²) in [7, 11) is -3.85. The molecule has 0 spiro atoms. The number of aromatic nitrogens is 2. The van der Waals surface area contributed by atoms with Crippen molar-refractivity contribution in [3.8, 4) is 11.5 Å². The lowest BCUT2D eigenvalue weighted by Gasteiger charge is -2.30. The van der Waals surface area contributed by atoms with Gasteiger partial charge in [0.2, 0.25) is 27.7 Å². The summed E-state index contributed by atoms with van der Waals surface area (Å²) in [6.45, 7) is 11.3. The molecule has 4 rings (SSSR count). The van der Waals surface area contributed by atoms with Crippen molar-refractivity contribution in [2.45, 2.75) is 70.4 Å². The molecule has 0 saturated carbocycles. The van der Waals surface area contributed by atoms with Crippen molar-refractivity contribution in [1.82, 2.24) is 19.4 Å². The van der Waals surface area contributed by atoms with Crippen LogP contribution in [0.5, 0.6) is 0 Å². The molecule has 38 heavy (non-hydrogen) atoms. The normalized spacial score (nSPS) is 16.8. The Morgan fingerprint density at radius 3 is 2.37 bits per heavy atom. The van der Waals surface area contributed by atoms with Crippen molar-refractivity contribution in [1.29, 1.82) is 0 Å². The monoisotopic (exact) mass is 558 g/mol. The van der Waals surface area contributed by atoms with Gasteiger partial charge in [0, 0.05) is 23.7 Å². The second kappa shape index (κ2) is 11.2. The molecule has 1 aliphatic rings. The largest absolute Gasteiger partial charge is 0.419 e. The number of benzene rings is 2. The van der Waals surface area contributed by atoms with Gasteiger partial charge >= 0.3 is 0 Å².